The van der Waals surface area contributed by atoms with E-state index in [0.717, 1.165) is 29.5 Å². The van der Waals surface area contributed by atoms with Gasteiger partial charge in [-0.3, -0.25) is 9.48 Å². The number of hydrogen-bond donors (Lipinski definition) is 1. The van der Waals surface area contributed by atoms with Gasteiger partial charge in [0.15, 0.2) is 0 Å². The topological polar surface area (TPSA) is 92.8 Å². The average molecular weight is 427 g/mol. The van der Waals surface area contributed by atoms with Crippen molar-refractivity contribution >= 4 is 5.91 Å². The van der Waals surface area contributed by atoms with E-state index < -0.39 is 23.7 Å². The van der Waals surface area contributed by atoms with Crippen LogP contribution in [-0.2, 0) is 12.7 Å². The second-order valence-electron chi connectivity index (χ2n) is 6.99. The van der Waals surface area contributed by atoms with Gasteiger partial charge < -0.3 is 10.1 Å². The number of nitrogens with one attached hydrogen (secondary N) is 1. The third-order valence-electron chi connectivity index (χ3n) is 4.99. The summed E-state index contributed by atoms with van der Waals surface area (Å²) < 4.78 is 46.2. The highest BCUT2D eigenvalue weighted by Gasteiger charge is 2.33. The van der Waals surface area contributed by atoms with Gasteiger partial charge in [-0.05, 0) is 36.8 Å². The Bertz CT molecular complexity index is 1200. The summed E-state index contributed by atoms with van der Waals surface area (Å²) in [6.45, 7) is 0.550. The van der Waals surface area contributed by atoms with Gasteiger partial charge in [-0.25, -0.2) is 4.98 Å². The molecule has 1 aliphatic rings. The molecule has 0 spiro atoms. The Morgan fingerprint density at radius 2 is 2.10 bits per heavy atom. The zero-order valence-electron chi connectivity index (χ0n) is 16.3. The number of carbonyl (C=O) groups is 1. The molecular weight excluding hydrogens is 411 g/mol. The largest absolute Gasteiger partial charge is 0.481 e. The van der Waals surface area contributed by atoms with Gasteiger partial charge in [0.05, 0.1) is 41.7 Å². The number of aryl methyl sites for hydroxylation is 1. The van der Waals surface area contributed by atoms with Crippen LogP contribution >= 0.6 is 0 Å². The van der Waals surface area contributed by atoms with Gasteiger partial charge in [0.25, 0.3) is 5.91 Å². The number of ether oxygens (including phenoxy) is 1. The number of alkyl halides is 3. The summed E-state index contributed by atoms with van der Waals surface area (Å²) in [5.74, 6) is -0.247. The number of aromatic nitrogens is 3. The molecule has 0 unspecified atom stereocenters. The first kappa shape index (κ1) is 20.4. The van der Waals surface area contributed by atoms with E-state index in [2.05, 4.69) is 15.4 Å². The van der Waals surface area contributed by atoms with E-state index in [-0.39, 0.29) is 11.1 Å². The van der Waals surface area contributed by atoms with Gasteiger partial charge in [-0.2, -0.15) is 23.5 Å². The van der Waals surface area contributed by atoms with Crippen molar-refractivity contribution in [1.29, 1.82) is 5.26 Å². The lowest BCUT2D eigenvalue weighted by Crippen LogP contribution is -2.27. The lowest BCUT2D eigenvalue weighted by atomic mass is 10.0. The molecule has 4 rings (SSSR count). The Kier molecular flexibility index (Phi) is 5.10. The maximum absolute atomic E-state index is 13.1. The molecule has 158 valence electrons. The lowest BCUT2D eigenvalue weighted by molar-refractivity contribution is -0.137. The second kappa shape index (κ2) is 7.75. The highest BCUT2D eigenvalue weighted by atomic mass is 19.4. The number of methoxy groups -OCH3 is 1. The molecule has 2 aromatic heterocycles. The van der Waals surface area contributed by atoms with E-state index in [4.69, 9.17) is 10.00 Å². The Morgan fingerprint density at radius 1 is 1.29 bits per heavy atom. The summed E-state index contributed by atoms with van der Waals surface area (Å²) in [5.41, 5.74) is 0.707. The third-order valence-corrected chi connectivity index (χ3v) is 4.99. The molecular formula is C21H16F3N5O2. The second-order valence-corrected chi connectivity index (χ2v) is 6.99. The number of pyridine rings is 1. The van der Waals surface area contributed by atoms with E-state index in [1.807, 2.05) is 6.07 Å². The quantitative estimate of drug-likeness (QED) is 0.685. The summed E-state index contributed by atoms with van der Waals surface area (Å²) in [7, 11) is 1.51. The third kappa shape index (κ3) is 4.07. The highest BCUT2D eigenvalue weighted by molar-refractivity contribution is 5.95. The minimum absolute atomic E-state index is 0.219. The summed E-state index contributed by atoms with van der Waals surface area (Å²) in [4.78, 5) is 16.7. The summed E-state index contributed by atoms with van der Waals surface area (Å²) in [6.07, 6.45) is -2.51. The number of fused-ring (bicyclic) bond motifs is 1. The molecule has 1 amide bonds. The molecule has 3 heterocycles. The van der Waals surface area contributed by atoms with Crippen LogP contribution in [0.4, 0.5) is 13.2 Å². The SMILES string of the molecule is COc1cc(-c2cc3n(n2)CC[C@@H]3NC(=O)c2cc(C#N)cc(C(F)(F)F)c2)ccn1. The summed E-state index contributed by atoms with van der Waals surface area (Å²) >= 11 is 0. The summed E-state index contributed by atoms with van der Waals surface area (Å²) in [6, 6.07) is 9.19. The average Bonchev–Trinajstić information content (AvgIpc) is 3.34. The first-order valence-electron chi connectivity index (χ1n) is 9.30. The number of carbonyl (C=O) groups excluding carboxylic acids is 1. The molecule has 7 nitrogen and oxygen atoms in total. The van der Waals surface area contributed by atoms with E-state index in [0.29, 0.717) is 24.5 Å². The molecule has 0 radical (unpaired) electrons. The molecule has 0 saturated heterocycles. The number of benzene rings is 1. The van der Waals surface area contributed by atoms with Crippen molar-refractivity contribution in [2.24, 2.45) is 0 Å². The van der Waals surface area contributed by atoms with Crippen LogP contribution in [0, 0.1) is 11.3 Å². The van der Waals surface area contributed by atoms with Crippen LogP contribution in [0.2, 0.25) is 0 Å². The van der Waals surface area contributed by atoms with E-state index >= 15 is 0 Å². The van der Waals surface area contributed by atoms with Crippen molar-refractivity contribution in [3.8, 4) is 23.2 Å². The Morgan fingerprint density at radius 3 is 2.81 bits per heavy atom. The molecule has 1 atom stereocenters. The van der Waals surface area contributed by atoms with Crippen LogP contribution in [0.25, 0.3) is 11.3 Å². The maximum Gasteiger partial charge on any atom is 0.416 e. The predicted molar refractivity (Wildman–Crippen MR) is 103 cm³/mol. The molecule has 0 fully saturated rings. The number of nitriles is 1. The lowest BCUT2D eigenvalue weighted by Gasteiger charge is -2.14. The van der Waals surface area contributed by atoms with Crippen LogP contribution < -0.4 is 10.1 Å². The zero-order valence-corrected chi connectivity index (χ0v) is 16.3. The predicted octanol–water partition coefficient (Wildman–Crippen LogP) is 3.72. The van der Waals surface area contributed by atoms with Gasteiger partial charge in [-0.1, -0.05) is 0 Å². The van der Waals surface area contributed by atoms with Gasteiger partial charge in [0.2, 0.25) is 5.88 Å². The smallest absolute Gasteiger partial charge is 0.416 e. The molecule has 0 bridgehead atoms. The fourth-order valence-corrected chi connectivity index (χ4v) is 3.49. The minimum atomic E-state index is -4.66. The van der Waals surface area contributed by atoms with E-state index in [1.165, 1.54) is 7.11 Å². The van der Waals surface area contributed by atoms with Gasteiger partial charge in [-0.15, -0.1) is 0 Å². The van der Waals surface area contributed by atoms with Crippen LogP contribution in [0.3, 0.4) is 0 Å². The number of rotatable bonds is 4. The molecule has 1 aliphatic heterocycles. The molecule has 0 saturated carbocycles. The van der Waals surface area contributed by atoms with Crippen LogP contribution in [0.5, 0.6) is 5.88 Å². The van der Waals surface area contributed by atoms with Gasteiger partial charge in [0, 0.05) is 29.9 Å². The zero-order chi connectivity index (χ0) is 22.2. The minimum Gasteiger partial charge on any atom is -0.481 e. The number of halogens is 3. The van der Waals surface area contributed by atoms with Crippen molar-refractivity contribution in [3.05, 3.63) is 65.0 Å². The van der Waals surface area contributed by atoms with Crippen molar-refractivity contribution < 1.29 is 22.7 Å². The first-order valence-corrected chi connectivity index (χ1v) is 9.30. The maximum atomic E-state index is 13.1. The van der Waals surface area contributed by atoms with Crippen molar-refractivity contribution in [3.63, 3.8) is 0 Å². The Labute approximate surface area is 175 Å². The summed E-state index contributed by atoms with van der Waals surface area (Å²) in [5, 5.41) is 16.3. The van der Waals surface area contributed by atoms with Crippen molar-refractivity contribution in [2.45, 2.75) is 25.2 Å². The van der Waals surface area contributed by atoms with Crippen LogP contribution in [0.15, 0.2) is 42.6 Å². The molecule has 0 aliphatic carbocycles. The standard InChI is InChI=1S/C21H16F3N5O2/c1-31-19-9-13(2-4-26-19)17-10-18-16(3-5-29(18)28-17)27-20(30)14-6-12(11-25)7-15(8-14)21(22,23)24/h2,4,6-10,16H,3,5H2,1H3,(H,27,30)/t16-/m0/s1. The molecule has 1 aromatic carbocycles. The van der Waals surface area contributed by atoms with Gasteiger partial charge >= 0.3 is 6.18 Å². The number of amides is 1. The van der Waals surface area contributed by atoms with Crippen molar-refractivity contribution in [1.82, 2.24) is 20.1 Å². The monoisotopic (exact) mass is 427 g/mol. The molecule has 1 N–H and O–H groups in total. The first-order chi connectivity index (χ1) is 14.8. The van der Waals surface area contributed by atoms with Gasteiger partial charge in [0.1, 0.15) is 0 Å². The van der Waals surface area contributed by atoms with E-state index in [1.54, 1.807) is 29.1 Å². The number of hydrogen-bond acceptors (Lipinski definition) is 5. The molecule has 31 heavy (non-hydrogen) atoms. The van der Waals surface area contributed by atoms with Crippen LogP contribution in [-0.4, -0.2) is 27.8 Å². The van der Waals surface area contributed by atoms with E-state index in [9.17, 15) is 18.0 Å². The van der Waals surface area contributed by atoms with Crippen LogP contribution in [0.1, 0.15) is 39.6 Å². The fraction of sp³-hybridized carbons (Fsp3) is 0.238. The highest BCUT2D eigenvalue weighted by Crippen LogP contribution is 2.32. The normalized spacial score (nSPS) is 15.3. The number of nitrogens with zero attached hydrogens (tertiary/aromatic N) is 4. The Balaban J connectivity index is 1.58. The van der Waals surface area contributed by atoms with Crippen molar-refractivity contribution in [2.75, 3.05) is 7.11 Å². The fourth-order valence-electron chi connectivity index (χ4n) is 3.49. The molecule has 10 heteroatoms. The molecule has 3 aromatic rings. The Hall–Kier alpha value is -3.87.